The van der Waals surface area contributed by atoms with Crippen LogP contribution in [0.25, 0.3) is 0 Å². The third-order valence-electron chi connectivity index (χ3n) is 4.39. The zero-order valence-corrected chi connectivity index (χ0v) is 16.8. The van der Waals surface area contributed by atoms with Crippen LogP contribution in [0.15, 0.2) is 42.5 Å². The van der Waals surface area contributed by atoms with Gasteiger partial charge in [-0.15, -0.1) is 0 Å². The summed E-state index contributed by atoms with van der Waals surface area (Å²) in [5, 5.41) is 5.64. The van der Waals surface area contributed by atoms with E-state index in [-0.39, 0.29) is 6.54 Å². The maximum atomic E-state index is 12.2. The summed E-state index contributed by atoms with van der Waals surface area (Å²) in [4.78, 5) is 24.2. The summed E-state index contributed by atoms with van der Waals surface area (Å²) in [5.74, 6) is -1.61. The van der Waals surface area contributed by atoms with Crippen molar-refractivity contribution in [3.63, 3.8) is 0 Å². The number of carbonyl (C=O) groups is 2. The van der Waals surface area contributed by atoms with Gasteiger partial charge in [0, 0.05) is 23.8 Å². The summed E-state index contributed by atoms with van der Waals surface area (Å²) in [6.45, 7) is 0.584. The van der Waals surface area contributed by atoms with Crippen molar-refractivity contribution >= 4 is 44.8 Å². The fourth-order valence-electron chi connectivity index (χ4n) is 3.02. The number of benzene rings is 2. The van der Waals surface area contributed by atoms with Crippen LogP contribution in [0.4, 0.5) is 11.4 Å². The number of nitrogens with zero attached hydrogens (tertiary/aromatic N) is 1. The normalized spacial score (nSPS) is 13.6. The fraction of sp³-hybridized carbons (Fsp3) is 0.263. The van der Waals surface area contributed by atoms with Crippen molar-refractivity contribution in [1.82, 2.24) is 5.32 Å². The largest absolute Gasteiger partial charge is 0.344 e. The lowest BCUT2D eigenvalue weighted by Gasteiger charge is -2.29. The highest BCUT2D eigenvalue weighted by Crippen LogP contribution is 2.31. The number of carbonyl (C=O) groups excluding carboxylic acids is 2. The Hall–Kier alpha value is -2.58. The summed E-state index contributed by atoms with van der Waals surface area (Å²) >= 11 is 5.81. The molecule has 0 spiro atoms. The number of rotatable bonds is 4. The van der Waals surface area contributed by atoms with E-state index in [0.717, 1.165) is 30.2 Å². The summed E-state index contributed by atoms with van der Waals surface area (Å²) < 4.78 is 25.3. The molecule has 0 aliphatic carbocycles. The number of hydrogen-bond acceptors (Lipinski definition) is 4. The van der Waals surface area contributed by atoms with Crippen molar-refractivity contribution in [2.24, 2.45) is 0 Å². The summed E-state index contributed by atoms with van der Waals surface area (Å²) in [5.41, 5.74) is 2.60. The van der Waals surface area contributed by atoms with Gasteiger partial charge in [0.25, 0.3) is 0 Å². The SMILES string of the molecule is CS(=O)(=O)N1CCCc2ccc(NC(=O)C(=O)NCc3ccc(Cl)cc3)cc21. The summed E-state index contributed by atoms with van der Waals surface area (Å²) in [7, 11) is -3.41. The first kappa shape index (κ1) is 20.2. The Bertz CT molecular complexity index is 1010. The molecule has 0 bridgehead atoms. The van der Waals surface area contributed by atoms with E-state index in [1.165, 1.54) is 4.31 Å². The molecule has 7 nitrogen and oxygen atoms in total. The predicted molar refractivity (Wildman–Crippen MR) is 109 cm³/mol. The van der Waals surface area contributed by atoms with Gasteiger partial charge in [0.15, 0.2) is 0 Å². The lowest BCUT2D eigenvalue weighted by Crippen LogP contribution is -2.36. The van der Waals surface area contributed by atoms with Gasteiger partial charge < -0.3 is 10.6 Å². The van der Waals surface area contributed by atoms with Crippen LogP contribution in [0.3, 0.4) is 0 Å². The van der Waals surface area contributed by atoms with E-state index in [0.29, 0.717) is 22.9 Å². The van der Waals surface area contributed by atoms with Crippen LogP contribution in [-0.4, -0.2) is 33.0 Å². The molecule has 2 N–H and O–H groups in total. The average molecular weight is 422 g/mol. The molecule has 28 heavy (non-hydrogen) atoms. The molecule has 2 aromatic rings. The molecule has 0 radical (unpaired) electrons. The number of aryl methyl sites for hydroxylation is 1. The van der Waals surface area contributed by atoms with Gasteiger partial charge in [-0.3, -0.25) is 13.9 Å². The molecule has 0 atom stereocenters. The van der Waals surface area contributed by atoms with E-state index in [2.05, 4.69) is 10.6 Å². The lowest BCUT2D eigenvalue weighted by molar-refractivity contribution is -0.136. The zero-order chi connectivity index (χ0) is 20.3. The maximum Gasteiger partial charge on any atom is 0.313 e. The molecule has 1 heterocycles. The number of anilines is 2. The molecule has 0 fully saturated rings. The first-order valence-electron chi connectivity index (χ1n) is 8.68. The molecular formula is C19H20ClN3O4S. The number of amides is 2. The zero-order valence-electron chi connectivity index (χ0n) is 15.2. The summed E-state index contributed by atoms with van der Waals surface area (Å²) in [6.07, 6.45) is 2.65. The second kappa shape index (κ2) is 8.20. The van der Waals surface area contributed by atoms with Crippen LogP contribution < -0.4 is 14.9 Å². The van der Waals surface area contributed by atoms with E-state index < -0.39 is 21.8 Å². The highest BCUT2D eigenvalue weighted by atomic mass is 35.5. The minimum absolute atomic E-state index is 0.190. The van der Waals surface area contributed by atoms with E-state index in [4.69, 9.17) is 11.6 Å². The lowest BCUT2D eigenvalue weighted by atomic mass is 10.0. The van der Waals surface area contributed by atoms with Crippen LogP contribution in [0.2, 0.25) is 5.02 Å². The van der Waals surface area contributed by atoms with Gasteiger partial charge in [-0.25, -0.2) is 8.42 Å². The molecule has 2 amide bonds. The predicted octanol–water partition coefficient (Wildman–Crippen LogP) is 2.31. The maximum absolute atomic E-state index is 12.2. The van der Waals surface area contributed by atoms with Crippen molar-refractivity contribution in [3.05, 3.63) is 58.6 Å². The number of nitrogens with one attached hydrogen (secondary N) is 2. The molecule has 0 aromatic heterocycles. The number of halogens is 1. The van der Waals surface area contributed by atoms with E-state index in [9.17, 15) is 18.0 Å². The van der Waals surface area contributed by atoms with Crippen molar-refractivity contribution in [1.29, 1.82) is 0 Å². The van der Waals surface area contributed by atoms with Crippen LogP contribution in [0.5, 0.6) is 0 Å². The van der Waals surface area contributed by atoms with Crippen molar-refractivity contribution in [3.8, 4) is 0 Å². The van der Waals surface area contributed by atoms with Crippen LogP contribution >= 0.6 is 11.6 Å². The average Bonchev–Trinajstić information content (AvgIpc) is 2.66. The first-order chi connectivity index (χ1) is 13.2. The molecule has 1 aliphatic rings. The second-order valence-electron chi connectivity index (χ2n) is 6.55. The Kier molecular flexibility index (Phi) is 5.90. The molecular weight excluding hydrogens is 402 g/mol. The smallest absolute Gasteiger partial charge is 0.313 e. The summed E-state index contributed by atoms with van der Waals surface area (Å²) in [6, 6.07) is 11.9. The van der Waals surface area contributed by atoms with E-state index in [1.807, 2.05) is 0 Å². The van der Waals surface area contributed by atoms with Gasteiger partial charge in [-0.2, -0.15) is 0 Å². The Morgan fingerprint density at radius 1 is 1.11 bits per heavy atom. The highest BCUT2D eigenvalue weighted by molar-refractivity contribution is 7.92. The van der Waals surface area contributed by atoms with Gasteiger partial charge in [-0.05, 0) is 48.2 Å². The molecule has 2 aromatic carbocycles. The Morgan fingerprint density at radius 2 is 1.82 bits per heavy atom. The number of hydrogen-bond donors (Lipinski definition) is 2. The third kappa shape index (κ3) is 4.82. The molecule has 9 heteroatoms. The first-order valence-corrected chi connectivity index (χ1v) is 10.9. The second-order valence-corrected chi connectivity index (χ2v) is 8.89. The van der Waals surface area contributed by atoms with Gasteiger partial charge in [0.1, 0.15) is 0 Å². The van der Waals surface area contributed by atoms with Gasteiger partial charge >= 0.3 is 11.8 Å². The highest BCUT2D eigenvalue weighted by Gasteiger charge is 2.24. The quantitative estimate of drug-likeness (QED) is 0.740. The molecule has 0 saturated heterocycles. The molecule has 0 saturated carbocycles. The van der Waals surface area contributed by atoms with Crippen LogP contribution in [0.1, 0.15) is 17.5 Å². The van der Waals surface area contributed by atoms with Crippen molar-refractivity contribution in [2.45, 2.75) is 19.4 Å². The minimum atomic E-state index is -3.41. The van der Waals surface area contributed by atoms with Crippen LogP contribution in [0, 0.1) is 0 Å². The molecule has 148 valence electrons. The Balaban J connectivity index is 1.67. The monoisotopic (exact) mass is 421 g/mol. The minimum Gasteiger partial charge on any atom is -0.344 e. The fourth-order valence-corrected chi connectivity index (χ4v) is 4.13. The molecule has 1 aliphatic heterocycles. The van der Waals surface area contributed by atoms with Gasteiger partial charge in [0.2, 0.25) is 10.0 Å². The van der Waals surface area contributed by atoms with Crippen molar-refractivity contribution in [2.75, 3.05) is 22.4 Å². The van der Waals surface area contributed by atoms with Gasteiger partial charge in [0.05, 0.1) is 11.9 Å². The van der Waals surface area contributed by atoms with E-state index >= 15 is 0 Å². The number of sulfonamides is 1. The van der Waals surface area contributed by atoms with Gasteiger partial charge in [-0.1, -0.05) is 29.8 Å². The molecule has 3 rings (SSSR count). The van der Waals surface area contributed by atoms with Crippen LogP contribution in [-0.2, 0) is 32.6 Å². The topological polar surface area (TPSA) is 95.6 Å². The number of fused-ring (bicyclic) bond motifs is 1. The Labute approximate surface area is 168 Å². The standard InChI is InChI=1S/C19H20ClN3O4S/c1-28(26,27)23-10-2-3-14-6-9-16(11-17(14)23)22-19(25)18(24)21-12-13-4-7-15(20)8-5-13/h4-9,11H,2-3,10,12H2,1H3,(H,21,24)(H,22,25). The van der Waals surface area contributed by atoms with E-state index in [1.54, 1.807) is 42.5 Å². The van der Waals surface area contributed by atoms with Crippen molar-refractivity contribution < 1.29 is 18.0 Å². The third-order valence-corrected chi connectivity index (χ3v) is 5.82. The molecule has 0 unspecified atom stereocenters. The Morgan fingerprint density at radius 3 is 2.50 bits per heavy atom.